The molecule has 3 heteroatoms. The second kappa shape index (κ2) is 7.31. The van der Waals surface area contributed by atoms with E-state index >= 15 is 0 Å². The molecule has 0 unspecified atom stereocenters. The van der Waals surface area contributed by atoms with Gasteiger partial charge >= 0.3 is 0 Å². The van der Waals surface area contributed by atoms with Crippen molar-refractivity contribution in [3.63, 3.8) is 0 Å². The molecule has 0 atom stereocenters. The van der Waals surface area contributed by atoms with E-state index in [9.17, 15) is 0 Å². The van der Waals surface area contributed by atoms with Gasteiger partial charge in [-0.15, -0.1) is 11.3 Å². The lowest BCUT2D eigenvalue weighted by Gasteiger charge is -2.14. The Labute approximate surface area is 131 Å². The maximum atomic E-state index is 6.02. The number of ether oxygens (including phenoxy) is 1. The van der Waals surface area contributed by atoms with Crippen molar-refractivity contribution in [2.45, 2.75) is 33.3 Å². The van der Waals surface area contributed by atoms with Crippen molar-refractivity contribution < 1.29 is 4.74 Å². The Morgan fingerprint density at radius 2 is 2.10 bits per heavy atom. The van der Waals surface area contributed by atoms with E-state index in [-0.39, 0.29) is 0 Å². The SMILES string of the molecule is Cc1ccc(C(C)C)c(OCc2cc(C#CCN)cs2)c1. The molecule has 0 aliphatic carbocycles. The van der Waals surface area contributed by atoms with Gasteiger partial charge in [0, 0.05) is 15.8 Å². The van der Waals surface area contributed by atoms with E-state index in [1.165, 1.54) is 16.0 Å². The van der Waals surface area contributed by atoms with Crippen molar-refractivity contribution in [1.29, 1.82) is 0 Å². The summed E-state index contributed by atoms with van der Waals surface area (Å²) in [6, 6.07) is 8.46. The minimum absolute atomic E-state index is 0.392. The third kappa shape index (κ3) is 4.35. The van der Waals surface area contributed by atoms with Crippen LogP contribution in [0.2, 0.25) is 0 Å². The number of aryl methyl sites for hydroxylation is 1. The van der Waals surface area contributed by atoms with Crippen molar-refractivity contribution in [2.75, 3.05) is 6.54 Å². The van der Waals surface area contributed by atoms with Gasteiger partial charge in [0.15, 0.2) is 0 Å². The van der Waals surface area contributed by atoms with Crippen LogP contribution >= 0.6 is 11.3 Å². The molecule has 1 heterocycles. The van der Waals surface area contributed by atoms with Crippen molar-refractivity contribution in [3.05, 3.63) is 51.2 Å². The van der Waals surface area contributed by atoms with Crippen molar-refractivity contribution in [1.82, 2.24) is 0 Å². The molecule has 0 saturated heterocycles. The molecule has 1 aromatic carbocycles. The van der Waals surface area contributed by atoms with Crippen LogP contribution in [0.4, 0.5) is 0 Å². The molecule has 0 bridgehead atoms. The lowest BCUT2D eigenvalue weighted by atomic mass is 10.0. The number of hydrogen-bond acceptors (Lipinski definition) is 3. The summed E-state index contributed by atoms with van der Waals surface area (Å²) in [5, 5.41) is 2.04. The van der Waals surface area contributed by atoms with Gasteiger partial charge in [0.1, 0.15) is 12.4 Å². The third-order valence-corrected chi connectivity index (χ3v) is 4.06. The Kier molecular flexibility index (Phi) is 5.44. The van der Waals surface area contributed by atoms with E-state index < -0.39 is 0 Å². The van der Waals surface area contributed by atoms with Gasteiger partial charge in [-0.25, -0.2) is 0 Å². The predicted octanol–water partition coefficient (Wildman–Crippen LogP) is 4.07. The zero-order valence-electron chi connectivity index (χ0n) is 12.8. The molecule has 1 aromatic heterocycles. The predicted molar refractivity (Wildman–Crippen MR) is 89.9 cm³/mol. The van der Waals surface area contributed by atoms with E-state index in [0.717, 1.165) is 11.3 Å². The normalized spacial score (nSPS) is 10.3. The van der Waals surface area contributed by atoms with Crippen LogP contribution in [0.25, 0.3) is 0 Å². The van der Waals surface area contributed by atoms with Crippen LogP contribution in [0, 0.1) is 18.8 Å². The Balaban J connectivity index is 2.09. The van der Waals surface area contributed by atoms with Crippen LogP contribution in [-0.4, -0.2) is 6.54 Å². The number of hydrogen-bond donors (Lipinski definition) is 1. The van der Waals surface area contributed by atoms with Gasteiger partial charge in [0.05, 0.1) is 6.54 Å². The zero-order valence-corrected chi connectivity index (χ0v) is 13.6. The smallest absolute Gasteiger partial charge is 0.123 e. The molecular formula is C18H21NOS. The maximum Gasteiger partial charge on any atom is 0.123 e. The Hall–Kier alpha value is -1.76. The first kappa shape index (κ1) is 15.6. The van der Waals surface area contributed by atoms with Crippen molar-refractivity contribution in [3.8, 4) is 17.6 Å². The molecule has 21 heavy (non-hydrogen) atoms. The van der Waals surface area contributed by atoms with E-state index in [4.69, 9.17) is 10.5 Å². The maximum absolute atomic E-state index is 6.02. The zero-order chi connectivity index (χ0) is 15.2. The molecule has 0 radical (unpaired) electrons. The van der Waals surface area contributed by atoms with Crippen LogP contribution in [0.15, 0.2) is 29.6 Å². The summed E-state index contributed by atoms with van der Waals surface area (Å²) in [6.45, 7) is 7.43. The highest BCUT2D eigenvalue weighted by Gasteiger charge is 2.09. The molecule has 2 aromatic rings. The number of nitrogens with two attached hydrogens (primary N) is 1. The molecule has 0 aliphatic rings. The molecule has 0 amide bonds. The lowest BCUT2D eigenvalue weighted by molar-refractivity contribution is 0.305. The Bertz CT molecular complexity index is 661. The topological polar surface area (TPSA) is 35.2 Å². The van der Waals surface area contributed by atoms with Crippen LogP contribution in [-0.2, 0) is 6.61 Å². The fourth-order valence-corrected chi connectivity index (χ4v) is 2.79. The van der Waals surface area contributed by atoms with Gasteiger partial charge in [-0.05, 0) is 36.1 Å². The van der Waals surface area contributed by atoms with Crippen LogP contribution in [0.1, 0.15) is 41.3 Å². The van der Waals surface area contributed by atoms with E-state index in [1.807, 2.05) is 5.38 Å². The van der Waals surface area contributed by atoms with E-state index in [0.29, 0.717) is 19.1 Å². The lowest BCUT2D eigenvalue weighted by Crippen LogP contribution is -1.99. The van der Waals surface area contributed by atoms with Gasteiger partial charge in [-0.1, -0.05) is 37.8 Å². The second-order valence-corrected chi connectivity index (χ2v) is 6.29. The summed E-state index contributed by atoms with van der Waals surface area (Å²) in [6.07, 6.45) is 0. The highest BCUT2D eigenvalue weighted by atomic mass is 32.1. The summed E-state index contributed by atoms with van der Waals surface area (Å²) in [5.41, 5.74) is 8.86. The minimum Gasteiger partial charge on any atom is -0.488 e. The monoisotopic (exact) mass is 299 g/mol. The van der Waals surface area contributed by atoms with E-state index in [2.05, 4.69) is 56.9 Å². The highest BCUT2D eigenvalue weighted by molar-refractivity contribution is 7.10. The summed E-state index contributed by atoms with van der Waals surface area (Å²) < 4.78 is 6.02. The molecule has 2 nitrogen and oxygen atoms in total. The average molecular weight is 299 g/mol. The largest absolute Gasteiger partial charge is 0.488 e. The van der Waals surface area contributed by atoms with Crippen molar-refractivity contribution >= 4 is 11.3 Å². The fourth-order valence-electron chi connectivity index (χ4n) is 2.07. The average Bonchev–Trinajstić information content (AvgIpc) is 2.90. The number of benzene rings is 1. The number of thiophene rings is 1. The summed E-state index contributed by atoms with van der Waals surface area (Å²) >= 11 is 1.67. The van der Waals surface area contributed by atoms with Crippen molar-refractivity contribution in [2.24, 2.45) is 5.73 Å². The first-order valence-electron chi connectivity index (χ1n) is 7.10. The van der Waals surface area contributed by atoms with Gasteiger partial charge in [0.25, 0.3) is 0 Å². The summed E-state index contributed by atoms with van der Waals surface area (Å²) in [5.74, 6) is 7.34. The number of rotatable bonds is 4. The second-order valence-electron chi connectivity index (χ2n) is 5.29. The highest BCUT2D eigenvalue weighted by Crippen LogP contribution is 2.28. The van der Waals surface area contributed by atoms with Gasteiger partial charge in [-0.3, -0.25) is 0 Å². The van der Waals surface area contributed by atoms with Gasteiger partial charge in [0.2, 0.25) is 0 Å². The van der Waals surface area contributed by atoms with Crippen LogP contribution < -0.4 is 10.5 Å². The standard InChI is InChI=1S/C18H21NOS/c1-13(2)17-7-6-14(3)9-18(17)20-11-16-10-15(12-21-16)5-4-8-19/h6-7,9-10,12-13H,8,11,19H2,1-3H3. The van der Waals surface area contributed by atoms with Crippen LogP contribution in [0.3, 0.4) is 0 Å². The van der Waals surface area contributed by atoms with Gasteiger partial charge in [-0.2, -0.15) is 0 Å². The first-order chi connectivity index (χ1) is 10.1. The third-order valence-electron chi connectivity index (χ3n) is 3.15. The molecular weight excluding hydrogens is 278 g/mol. The Morgan fingerprint density at radius 1 is 1.29 bits per heavy atom. The molecule has 0 aliphatic heterocycles. The molecule has 2 N–H and O–H groups in total. The fraction of sp³-hybridized carbons (Fsp3) is 0.333. The molecule has 110 valence electrons. The summed E-state index contributed by atoms with van der Waals surface area (Å²) in [7, 11) is 0. The van der Waals surface area contributed by atoms with E-state index in [1.54, 1.807) is 11.3 Å². The molecule has 2 rings (SSSR count). The molecule has 0 spiro atoms. The summed E-state index contributed by atoms with van der Waals surface area (Å²) in [4.78, 5) is 1.17. The van der Waals surface area contributed by atoms with Crippen LogP contribution in [0.5, 0.6) is 5.75 Å². The Morgan fingerprint density at radius 3 is 2.81 bits per heavy atom. The first-order valence-corrected chi connectivity index (χ1v) is 7.98. The minimum atomic E-state index is 0.392. The quantitative estimate of drug-likeness (QED) is 0.864. The molecule has 0 fully saturated rings. The van der Waals surface area contributed by atoms with Gasteiger partial charge < -0.3 is 10.5 Å². The molecule has 0 saturated carbocycles.